The van der Waals surface area contributed by atoms with Crippen LogP contribution >= 0.6 is 27.3 Å². The number of hydrogen-bond donors (Lipinski definition) is 3. The van der Waals surface area contributed by atoms with Crippen molar-refractivity contribution in [2.75, 3.05) is 30.8 Å². The number of anilines is 2. The molecule has 7 nitrogen and oxygen atoms in total. The summed E-state index contributed by atoms with van der Waals surface area (Å²) in [5.41, 5.74) is 0.571. The van der Waals surface area contributed by atoms with Crippen molar-refractivity contribution in [2.24, 2.45) is 4.99 Å². The topological polar surface area (TPSA) is 91.3 Å². The van der Waals surface area contributed by atoms with E-state index < -0.39 is 0 Å². The first-order valence-corrected chi connectivity index (χ1v) is 8.58. The molecule has 2 rings (SSSR count). The first-order chi connectivity index (χ1) is 11.2. The number of nitrogens with zero attached hydrogens (tertiary/aromatic N) is 3. The van der Waals surface area contributed by atoms with Crippen LogP contribution in [0.2, 0.25) is 0 Å². The quantitative estimate of drug-likeness (QED) is 0.362. The molecule has 0 saturated carbocycles. The van der Waals surface area contributed by atoms with E-state index in [0.29, 0.717) is 15.8 Å². The molecule has 0 radical (unpaired) electrons. The normalized spacial score (nSPS) is 10.7. The molecule has 122 valence electrons. The third-order valence-corrected chi connectivity index (χ3v) is 4.07. The van der Waals surface area contributed by atoms with Gasteiger partial charge in [0, 0.05) is 30.2 Å². The van der Waals surface area contributed by atoms with E-state index in [-0.39, 0.29) is 5.91 Å². The fourth-order valence-electron chi connectivity index (χ4n) is 1.66. The second-order valence-corrected chi connectivity index (χ2v) is 6.39. The summed E-state index contributed by atoms with van der Waals surface area (Å²) in [7, 11) is 1.72. The van der Waals surface area contributed by atoms with E-state index in [0.717, 1.165) is 24.0 Å². The van der Waals surface area contributed by atoms with Crippen molar-refractivity contribution in [1.29, 1.82) is 0 Å². The van der Waals surface area contributed by atoms with Crippen LogP contribution < -0.4 is 16.0 Å². The minimum absolute atomic E-state index is 0.205. The lowest BCUT2D eigenvalue weighted by Gasteiger charge is -2.02. The molecule has 0 unspecified atom stereocenters. The first-order valence-electron chi connectivity index (χ1n) is 6.97. The fraction of sp³-hybridized carbons (Fsp3) is 0.286. The molecule has 1 heterocycles. The maximum Gasteiger partial charge on any atom is 0.257 e. The summed E-state index contributed by atoms with van der Waals surface area (Å²) in [6, 6.07) is 7.12. The number of carbonyl (C=O) groups is 1. The molecule has 0 aliphatic carbocycles. The van der Waals surface area contributed by atoms with Crippen molar-refractivity contribution in [3.05, 3.63) is 34.3 Å². The van der Waals surface area contributed by atoms with Crippen molar-refractivity contribution in [2.45, 2.75) is 6.42 Å². The molecular weight excluding hydrogens is 380 g/mol. The molecule has 0 spiro atoms. The van der Waals surface area contributed by atoms with Crippen molar-refractivity contribution in [1.82, 2.24) is 15.5 Å². The highest BCUT2D eigenvalue weighted by atomic mass is 79.9. The maximum absolute atomic E-state index is 12.1. The summed E-state index contributed by atoms with van der Waals surface area (Å²) in [6.45, 7) is 1.59. The van der Waals surface area contributed by atoms with Gasteiger partial charge >= 0.3 is 0 Å². The smallest absolute Gasteiger partial charge is 0.257 e. The summed E-state index contributed by atoms with van der Waals surface area (Å²) in [6.07, 6.45) is 2.59. The van der Waals surface area contributed by atoms with Crippen LogP contribution in [0.25, 0.3) is 0 Å². The van der Waals surface area contributed by atoms with Gasteiger partial charge in [-0.1, -0.05) is 27.3 Å². The van der Waals surface area contributed by atoms with Crippen molar-refractivity contribution in [3.63, 3.8) is 0 Å². The minimum Gasteiger partial charge on any atom is -0.376 e. The number of aliphatic imine (C=N–C) groups is 1. The summed E-state index contributed by atoms with van der Waals surface area (Å²) < 4.78 is 0.927. The molecule has 9 heteroatoms. The average molecular weight is 397 g/mol. The summed E-state index contributed by atoms with van der Waals surface area (Å²) in [4.78, 5) is 15.9. The van der Waals surface area contributed by atoms with Gasteiger partial charge in [0.25, 0.3) is 5.91 Å². The highest BCUT2D eigenvalue weighted by molar-refractivity contribution is 9.10. The van der Waals surface area contributed by atoms with Crippen molar-refractivity contribution < 1.29 is 4.79 Å². The van der Waals surface area contributed by atoms with Gasteiger partial charge in [0.1, 0.15) is 0 Å². The van der Waals surface area contributed by atoms with Gasteiger partial charge in [-0.25, -0.2) is 0 Å². The number of amides is 1. The predicted octanol–water partition coefficient (Wildman–Crippen LogP) is 2.60. The van der Waals surface area contributed by atoms with Crippen LogP contribution in [0.5, 0.6) is 0 Å². The molecule has 0 atom stereocenters. The van der Waals surface area contributed by atoms with Crippen LogP contribution in [0.3, 0.4) is 0 Å². The Bertz CT molecular complexity index is 658. The van der Waals surface area contributed by atoms with Gasteiger partial charge in [0.05, 0.1) is 6.34 Å². The molecule has 23 heavy (non-hydrogen) atoms. The molecule has 0 bridgehead atoms. The predicted molar refractivity (Wildman–Crippen MR) is 97.5 cm³/mol. The van der Waals surface area contributed by atoms with Gasteiger partial charge in [-0.05, 0) is 30.7 Å². The highest BCUT2D eigenvalue weighted by Crippen LogP contribution is 2.20. The van der Waals surface area contributed by atoms with Gasteiger partial charge in [-0.2, -0.15) is 0 Å². The summed E-state index contributed by atoms with van der Waals surface area (Å²) in [5, 5.41) is 18.1. The number of benzene rings is 1. The molecule has 0 aliphatic rings. The maximum atomic E-state index is 12.1. The van der Waals surface area contributed by atoms with Crippen LogP contribution in [0.1, 0.15) is 16.8 Å². The highest BCUT2D eigenvalue weighted by Gasteiger charge is 2.09. The van der Waals surface area contributed by atoms with E-state index in [9.17, 15) is 4.79 Å². The Balaban J connectivity index is 1.78. The monoisotopic (exact) mass is 396 g/mol. The van der Waals surface area contributed by atoms with Gasteiger partial charge in [0.15, 0.2) is 0 Å². The van der Waals surface area contributed by atoms with E-state index in [1.165, 1.54) is 11.3 Å². The number of aromatic nitrogens is 2. The lowest BCUT2D eigenvalue weighted by Crippen LogP contribution is -2.16. The molecule has 1 aromatic heterocycles. The Morgan fingerprint density at radius 3 is 2.74 bits per heavy atom. The van der Waals surface area contributed by atoms with Crippen LogP contribution in [-0.2, 0) is 0 Å². The van der Waals surface area contributed by atoms with E-state index in [1.54, 1.807) is 25.5 Å². The van der Waals surface area contributed by atoms with Crippen LogP contribution in [0.15, 0.2) is 33.7 Å². The molecule has 0 fully saturated rings. The molecule has 1 aromatic carbocycles. The van der Waals surface area contributed by atoms with Crippen molar-refractivity contribution >= 4 is 49.8 Å². The zero-order valence-corrected chi connectivity index (χ0v) is 14.9. The second kappa shape index (κ2) is 9.21. The van der Waals surface area contributed by atoms with Crippen molar-refractivity contribution in [3.8, 4) is 0 Å². The zero-order valence-electron chi connectivity index (χ0n) is 12.5. The molecule has 0 saturated heterocycles. The largest absolute Gasteiger partial charge is 0.376 e. The number of carbonyl (C=O) groups excluding carboxylic acids is 1. The summed E-state index contributed by atoms with van der Waals surface area (Å²) >= 11 is 4.64. The second-order valence-electron chi connectivity index (χ2n) is 4.50. The number of hydrogen-bond acceptors (Lipinski definition) is 6. The van der Waals surface area contributed by atoms with Gasteiger partial charge in [0.2, 0.25) is 10.3 Å². The number of nitrogens with one attached hydrogen (secondary N) is 3. The zero-order chi connectivity index (χ0) is 16.5. The summed E-state index contributed by atoms with van der Waals surface area (Å²) in [5.74, 6) is -0.205. The lowest BCUT2D eigenvalue weighted by molar-refractivity contribution is 0.102. The SMILES string of the molecule is CN=CNCCCNc1nnc(NC(=O)c2ccc(Br)cc2)s1. The molecule has 3 N–H and O–H groups in total. The van der Waals surface area contributed by atoms with Gasteiger partial charge < -0.3 is 10.6 Å². The Morgan fingerprint density at radius 2 is 2.00 bits per heavy atom. The van der Waals surface area contributed by atoms with Gasteiger partial charge in [-0.3, -0.25) is 15.1 Å². The standard InChI is InChI=1S/C14H17BrN6OS/c1-16-9-17-7-2-8-18-13-20-21-14(23-13)19-12(22)10-3-5-11(15)6-4-10/h3-6,9H,2,7-8H2,1H3,(H,16,17)(H,18,20)(H,19,21,22). The first kappa shape index (κ1) is 17.4. The minimum atomic E-state index is -0.205. The van der Waals surface area contributed by atoms with E-state index >= 15 is 0 Å². The molecule has 0 aliphatic heterocycles. The van der Waals surface area contributed by atoms with E-state index in [2.05, 4.69) is 47.1 Å². The Labute approximate surface area is 146 Å². The number of halogens is 1. The number of rotatable bonds is 8. The van der Waals surface area contributed by atoms with Crippen LogP contribution in [-0.4, -0.2) is 42.6 Å². The Kier molecular flexibility index (Phi) is 6.95. The molecule has 2 aromatic rings. The Hall–Kier alpha value is -2.00. The average Bonchev–Trinajstić information content (AvgIpc) is 2.98. The van der Waals surface area contributed by atoms with Crippen LogP contribution in [0.4, 0.5) is 10.3 Å². The third kappa shape index (κ3) is 5.95. The fourth-order valence-corrected chi connectivity index (χ4v) is 2.59. The van der Waals surface area contributed by atoms with E-state index in [1.807, 2.05) is 12.1 Å². The Morgan fingerprint density at radius 1 is 1.26 bits per heavy atom. The lowest BCUT2D eigenvalue weighted by atomic mass is 10.2. The molecule has 1 amide bonds. The van der Waals surface area contributed by atoms with Gasteiger partial charge in [-0.15, -0.1) is 10.2 Å². The van der Waals surface area contributed by atoms with E-state index in [4.69, 9.17) is 0 Å². The molecular formula is C14H17BrN6OS. The third-order valence-electron chi connectivity index (χ3n) is 2.75. The van der Waals surface area contributed by atoms with Crippen LogP contribution in [0, 0.1) is 0 Å².